The molecule has 0 saturated carbocycles. The number of carbonyl (C=O) groups is 10. The van der Waals surface area contributed by atoms with Gasteiger partial charge < -0.3 is 37.6 Å². The molecule has 0 bridgehead atoms. The monoisotopic (exact) mass is 906 g/mol. The molecule has 0 spiro atoms. The molecule has 17 heteroatoms. The van der Waals surface area contributed by atoms with Crippen LogP contribution in [0.25, 0.3) is 0 Å². The van der Waals surface area contributed by atoms with Crippen molar-refractivity contribution in [3.63, 3.8) is 0 Å². The van der Waals surface area contributed by atoms with Gasteiger partial charge in [-0.25, -0.2) is 0 Å². The highest BCUT2D eigenvalue weighted by Gasteiger charge is 2.39. The lowest BCUT2D eigenvalue weighted by atomic mass is 9.82. The van der Waals surface area contributed by atoms with Gasteiger partial charge in [0.1, 0.15) is 6.04 Å². The van der Waals surface area contributed by atoms with Crippen LogP contribution in [0.3, 0.4) is 0 Å². The van der Waals surface area contributed by atoms with Gasteiger partial charge in [-0.3, -0.25) is 47.9 Å². The Kier molecular flexibility index (Phi) is 27.5. The third-order valence-electron chi connectivity index (χ3n) is 11.0. The largest absolute Gasteiger partial charge is 0.368 e. The average molecular weight is 906 g/mol. The summed E-state index contributed by atoms with van der Waals surface area (Å²) in [7, 11) is 0. The standard InChI is InChI=1S/C47H83N7O10/c1-27(2)22-36(52-44(62)34(18-14-16-20-49-31(9)55)24-38(58)41(29(5)6)51-33(11)57)40(60)26-47(12,13)46(64)54-42(30(7)8)39(59)25-35(19-15-17-21-50-32(10)56)45(63)53-37(43(48)61)23-28(3)4/h27-30,34-37,41-42H,14-26H2,1-13H3,(H2,48,61)(H,49,55)(H,50,56)(H,51,57)(H,52,62)(H,53,63)(H,54,64)/t34-,35-,36+,37+,41+,42+/m1/s1. The molecule has 0 aromatic carbocycles. The minimum absolute atomic E-state index is 0.0453. The van der Waals surface area contributed by atoms with Crippen molar-refractivity contribution in [3.8, 4) is 0 Å². The van der Waals surface area contributed by atoms with Crippen molar-refractivity contribution in [2.75, 3.05) is 13.1 Å². The number of nitrogens with two attached hydrogens (primary N) is 1. The second-order valence-corrected chi connectivity index (χ2v) is 19.6. The van der Waals surface area contributed by atoms with Crippen molar-refractivity contribution in [2.24, 2.45) is 46.7 Å². The predicted molar refractivity (Wildman–Crippen MR) is 246 cm³/mol. The molecule has 8 N–H and O–H groups in total. The first kappa shape index (κ1) is 59.3. The van der Waals surface area contributed by atoms with Crippen LogP contribution in [0.5, 0.6) is 0 Å². The molecule has 0 heterocycles. The van der Waals surface area contributed by atoms with Gasteiger partial charge in [0.2, 0.25) is 41.4 Å². The third kappa shape index (κ3) is 24.4. The average Bonchev–Trinajstić information content (AvgIpc) is 3.15. The molecule has 0 aromatic rings. The Morgan fingerprint density at radius 3 is 1.25 bits per heavy atom. The molecule has 0 aliphatic rings. The second-order valence-electron chi connectivity index (χ2n) is 19.6. The fourth-order valence-electron chi connectivity index (χ4n) is 7.42. The molecular weight excluding hydrogens is 823 g/mol. The van der Waals surface area contributed by atoms with Crippen molar-refractivity contribution in [3.05, 3.63) is 0 Å². The summed E-state index contributed by atoms with van der Waals surface area (Å²) < 4.78 is 0. The Morgan fingerprint density at radius 1 is 0.500 bits per heavy atom. The summed E-state index contributed by atoms with van der Waals surface area (Å²) in [6.07, 6.45) is 2.48. The molecule has 0 radical (unpaired) electrons. The molecule has 0 unspecified atom stereocenters. The molecule has 0 aliphatic heterocycles. The number of primary amides is 1. The van der Waals surface area contributed by atoms with Crippen molar-refractivity contribution < 1.29 is 47.9 Å². The summed E-state index contributed by atoms with van der Waals surface area (Å²) in [5, 5.41) is 16.5. The molecule has 7 amide bonds. The number of carbonyl (C=O) groups excluding carboxylic acids is 10. The van der Waals surface area contributed by atoms with E-state index < -0.39 is 82.5 Å². The maximum Gasteiger partial charge on any atom is 0.240 e. The summed E-state index contributed by atoms with van der Waals surface area (Å²) >= 11 is 0. The lowest BCUT2D eigenvalue weighted by Gasteiger charge is -2.31. The van der Waals surface area contributed by atoms with Crippen LogP contribution in [0.4, 0.5) is 0 Å². The van der Waals surface area contributed by atoms with Gasteiger partial charge in [-0.05, 0) is 62.2 Å². The minimum Gasteiger partial charge on any atom is -0.368 e. The van der Waals surface area contributed by atoms with Crippen molar-refractivity contribution in [1.82, 2.24) is 31.9 Å². The quantitative estimate of drug-likeness (QED) is 0.0471. The highest BCUT2D eigenvalue weighted by atomic mass is 16.2. The first-order chi connectivity index (χ1) is 29.6. The molecule has 6 atom stereocenters. The van der Waals surface area contributed by atoms with Gasteiger partial charge in [-0.2, -0.15) is 0 Å². The van der Waals surface area contributed by atoms with E-state index in [0.29, 0.717) is 45.2 Å². The Bertz CT molecular complexity index is 1590. The number of amides is 7. The molecule has 0 saturated heterocycles. The maximum atomic E-state index is 14.1. The highest BCUT2D eigenvalue weighted by Crippen LogP contribution is 2.26. The van der Waals surface area contributed by atoms with E-state index in [4.69, 9.17) is 5.73 Å². The van der Waals surface area contributed by atoms with E-state index in [1.807, 2.05) is 27.7 Å². The normalized spacial score (nSPS) is 14.5. The topological polar surface area (TPSA) is 269 Å². The van der Waals surface area contributed by atoms with Crippen molar-refractivity contribution >= 4 is 58.7 Å². The van der Waals surface area contributed by atoms with Gasteiger partial charge in [-0.15, -0.1) is 0 Å². The van der Waals surface area contributed by atoms with Gasteiger partial charge in [0.05, 0.1) is 23.5 Å². The lowest BCUT2D eigenvalue weighted by Crippen LogP contribution is -2.52. The van der Waals surface area contributed by atoms with Crippen LogP contribution in [0.1, 0.15) is 161 Å². The van der Waals surface area contributed by atoms with Gasteiger partial charge in [0.25, 0.3) is 0 Å². The van der Waals surface area contributed by atoms with Crippen LogP contribution in [-0.4, -0.2) is 96.0 Å². The number of Topliss-reactive ketones (excluding diaryl/α,β-unsaturated/α-hetero) is 3. The molecule has 366 valence electrons. The molecule has 0 rings (SSSR count). The number of rotatable bonds is 33. The van der Waals surface area contributed by atoms with Crippen LogP contribution in [0, 0.1) is 40.9 Å². The first-order valence-corrected chi connectivity index (χ1v) is 23.1. The predicted octanol–water partition coefficient (Wildman–Crippen LogP) is 3.58. The van der Waals surface area contributed by atoms with Crippen LogP contribution in [0.2, 0.25) is 0 Å². The number of nitrogens with one attached hydrogen (secondary N) is 6. The minimum atomic E-state index is -1.35. The zero-order chi connectivity index (χ0) is 49.5. The Balaban J connectivity index is 6.33. The number of unbranched alkanes of at least 4 members (excludes halogenated alkanes) is 2. The Labute approximate surface area is 382 Å². The van der Waals surface area contributed by atoms with Crippen molar-refractivity contribution in [2.45, 2.75) is 185 Å². The van der Waals surface area contributed by atoms with Gasteiger partial charge in [-0.1, -0.05) is 82.1 Å². The fourth-order valence-corrected chi connectivity index (χ4v) is 7.42. The fraction of sp³-hybridized carbons (Fsp3) is 0.787. The Hall–Kier alpha value is -4.70. The van der Waals surface area contributed by atoms with E-state index in [2.05, 4.69) is 31.9 Å². The SMILES string of the molecule is CC(=O)NCCCC[C@H](CC(=O)[C@@H](NC(=O)C(C)(C)CC(=O)[C@H](CC(C)C)NC(=O)[C@H](CCCCNC(C)=O)CC(=O)[C@@H](NC(C)=O)C(C)C)C(C)C)C(=O)N[C@@H](CC(C)C)C(N)=O. The molecular formula is C47H83N7O10. The number of hydrogen-bond donors (Lipinski definition) is 7. The van der Waals surface area contributed by atoms with E-state index in [9.17, 15) is 47.9 Å². The highest BCUT2D eigenvalue weighted by molar-refractivity contribution is 5.98. The van der Waals surface area contributed by atoms with Crippen LogP contribution >= 0.6 is 0 Å². The van der Waals surface area contributed by atoms with Crippen molar-refractivity contribution in [1.29, 1.82) is 0 Å². The Morgan fingerprint density at radius 2 is 0.891 bits per heavy atom. The summed E-state index contributed by atoms with van der Waals surface area (Å²) in [5.41, 5.74) is 4.25. The molecule has 64 heavy (non-hydrogen) atoms. The summed E-state index contributed by atoms with van der Waals surface area (Å²) in [6, 6.07) is -3.77. The number of ketones is 3. The first-order valence-electron chi connectivity index (χ1n) is 23.1. The summed E-state index contributed by atoms with van der Waals surface area (Å²) in [5.74, 6) is -6.53. The van der Waals surface area contributed by atoms with Crippen LogP contribution in [0.15, 0.2) is 0 Å². The van der Waals surface area contributed by atoms with E-state index in [-0.39, 0.29) is 79.8 Å². The van der Waals surface area contributed by atoms with Crippen LogP contribution in [-0.2, 0) is 47.9 Å². The van der Waals surface area contributed by atoms with E-state index in [1.54, 1.807) is 41.5 Å². The molecule has 0 fully saturated rings. The van der Waals surface area contributed by atoms with E-state index in [1.165, 1.54) is 20.8 Å². The maximum absolute atomic E-state index is 14.1. The zero-order valence-electron chi connectivity index (χ0n) is 41.1. The molecule has 17 nitrogen and oxygen atoms in total. The lowest BCUT2D eigenvalue weighted by molar-refractivity contribution is -0.139. The van der Waals surface area contributed by atoms with Gasteiger partial charge >= 0.3 is 0 Å². The smallest absolute Gasteiger partial charge is 0.240 e. The zero-order valence-corrected chi connectivity index (χ0v) is 41.1. The van der Waals surface area contributed by atoms with E-state index >= 15 is 0 Å². The van der Waals surface area contributed by atoms with Crippen LogP contribution < -0.4 is 37.6 Å². The van der Waals surface area contributed by atoms with Gasteiger partial charge in [0, 0.05) is 65.0 Å². The second kappa shape index (κ2) is 29.7. The van der Waals surface area contributed by atoms with Gasteiger partial charge in [0.15, 0.2) is 17.3 Å². The molecule has 0 aromatic heterocycles. The summed E-state index contributed by atoms with van der Waals surface area (Å²) in [4.78, 5) is 130. The van der Waals surface area contributed by atoms with E-state index in [0.717, 1.165) is 0 Å². The molecule has 0 aliphatic carbocycles. The third-order valence-corrected chi connectivity index (χ3v) is 11.0. The number of hydrogen-bond acceptors (Lipinski definition) is 10. The summed E-state index contributed by atoms with van der Waals surface area (Å²) in [6.45, 7) is 22.7.